The highest BCUT2D eigenvalue weighted by Crippen LogP contribution is 2.29. The number of aryl methyl sites for hydroxylation is 1. The molecule has 2 aromatic rings. The van der Waals surface area contributed by atoms with Gasteiger partial charge in [-0.15, -0.1) is 0 Å². The fraction of sp³-hybridized carbons (Fsp3) is 0.235. The van der Waals surface area contributed by atoms with Crippen molar-refractivity contribution in [2.75, 3.05) is 0 Å². The first-order chi connectivity index (χ1) is 9.41. The lowest BCUT2D eigenvalue weighted by Gasteiger charge is -2.25. The van der Waals surface area contributed by atoms with Crippen LogP contribution in [0.1, 0.15) is 23.6 Å². The molecule has 0 heterocycles. The van der Waals surface area contributed by atoms with E-state index < -0.39 is 11.4 Å². The Bertz CT molecular complexity index is 602. The molecular formula is C17H17FO2. The molecule has 2 aromatic carbocycles. The minimum absolute atomic E-state index is 0.318. The number of carboxylic acid groups (broad SMARTS) is 1. The van der Waals surface area contributed by atoms with E-state index >= 15 is 0 Å². The molecule has 3 heteroatoms. The zero-order valence-corrected chi connectivity index (χ0v) is 11.6. The number of carboxylic acids is 1. The molecule has 0 saturated heterocycles. The molecule has 0 aliphatic rings. The molecule has 1 atom stereocenters. The molecule has 20 heavy (non-hydrogen) atoms. The summed E-state index contributed by atoms with van der Waals surface area (Å²) in [6.45, 7) is 3.66. The SMILES string of the molecule is Cc1ccc(C(C)(Cc2ccc(F)cc2)C(=O)O)cc1. The zero-order chi connectivity index (χ0) is 14.8. The molecule has 0 aliphatic carbocycles. The van der Waals surface area contributed by atoms with Crippen LogP contribution in [0.25, 0.3) is 0 Å². The van der Waals surface area contributed by atoms with Crippen LogP contribution < -0.4 is 0 Å². The lowest BCUT2D eigenvalue weighted by atomic mass is 9.77. The molecular weight excluding hydrogens is 255 g/mol. The summed E-state index contributed by atoms with van der Waals surface area (Å²) in [5, 5.41) is 9.60. The first kappa shape index (κ1) is 14.3. The Morgan fingerprint density at radius 2 is 1.65 bits per heavy atom. The van der Waals surface area contributed by atoms with Crippen molar-refractivity contribution in [1.29, 1.82) is 0 Å². The smallest absolute Gasteiger partial charge is 0.314 e. The van der Waals surface area contributed by atoms with Gasteiger partial charge in [0.05, 0.1) is 5.41 Å². The lowest BCUT2D eigenvalue weighted by Crippen LogP contribution is -2.34. The third-order valence-electron chi connectivity index (χ3n) is 3.63. The fourth-order valence-electron chi connectivity index (χ4n) is 2.23. The van der Waals surface area contributed by atoms with Crippen molar-refractivity contribution in [1.82, 2.24) is 0 Å². The Morgan fingerprint density at radius 1 is 1.10 bits per heavy atom. The highest BCUT2D eigenvalue weighted by Gasteiger charge is 2.35. The predicted octanol–water partition coefficient (Wildman–Crippen LogP) is 3.72. The van der Waals surface area contributed by atoms with Gasteiger partial charge in [0.25, 0.3) is 0 Å². The van der Waals surface area contributed by atoms with Gasteiger partial charge in [-0.3, -0.25) is 4.79 Å². The Labute approximate surface area is 117 Å². The normalized spacial score (nSPS) is 13.8. The number of hydrogen-bond donors (Lipinski definition) is 1. The van der Waals surface area contributed by atoms with E-state index in [0.717, 1.165) is 16.7 Å². The van der Waals surface area contributed by atoms with Gasteiger partial charge in [0.2, 0.25) is 0 Å². The molecule has 2 rings (SSSR count). The summed E-state index contributed by atoms with van der Waals surface area (Å²) in [5.74, 6) is -1.20. The van der Waals surface area contributed by atoms with Crippen LogP contribution in [-0.2, 0) is 16.6 Å². The zero-order valence-electron chi connectivity index (χ0n) is 11.6. The van der Waals surface area contributed by atoms with E-state index in [1.54, 1.807) is 19.1 Å². The van der Waals surface area contributed by atoms with Crippen LogP contribution in [0, 0.1) is 12.7 Å². The molecule has 0 fully saturated rings. The summed E-state index contributed by atoms with van der Waals surface area (Å²) in [4.78, 5) is 11.7. The molecule has 0 amide bonds. The van der Waals surface area contributed by atoms with Crippen molar-refractivity contribution in [2.45, 2.75) is 25.7 Å². The van der Waals surface area contributed by atoms with Gasteiger partial charge >= 0.3 is 5.97 Å². The van der Waals surface area contributed by atoms with Crippen molar-refractivity contribution in [3.63, 3.8) is 0 Å². The number of hydrogen-bond acceptors (Lipinski definition) is 1. The molecule has 1 N–H and O–H groups in total. The van der Waals surface area contributed by atoms with Gasteiger partial charge in [0.15, 0.2) is 0 Å². The monoisotopic (exact) mass is 272 g/mol. The molecule has 1 unspecified atom stereocenters. The van der Waals surface area contributed by atoms with Gasteiger partial charge in [0.1, 0.15) is 5.82 Å². The number of halogens is 1. The van der Waals surface area contributed by atoms with E-state index in [2.05, 4.69) is 0 Å². The van der Waals surface area contributed by atoms with Gasteiger partial charge in [-0.05, 0) is 43.5 Å². The van der Waals surface area contributed by atoms with Gasteiger partial charge in [0, 0.05) is 0 Å². The molecule has 0 saturated carbocycles. The number of carbonyl (C=O) groups is 1. The Kier molecular flexibility index (Phi) is 3.89. The highest BCUT2D eigenvalue weighted by molar-refractivity contribution is 5.81. The number of aliphatic carboxylic acids is 1. The van der Waals surface area contributed by atoms with Crippen molar-refractivity contribution in [2.24, 2.45) is 0 Å². The van der Waals surface area contributed by atoms with E-state index in [4.69, 9.17) is 0 Å². The second-order valence-corrected chi connectivity index (χ2v) is 5.31. The van der Waals surface area contributed by atoms with Crippen molar-refractivity contribution < 1.29 is 14.3 Å². The molecule has 104 valence electrons. The highest BCUT2D eigenvalue weighted by atomic mass is 19.1. The fourth-order valence-corrected chi connectivity index (χ4v) is 2.23. The summed E-state index contributed by atoms with van der Waals surface area (Å²) in [5.41, 5.74) is 1.62. The molecule has 2 nitrogen and oxygen atoms in total. The Hall–Kier alpha value is -2.16. The summed E-state index contributed by atoms with van der Waals surface area (Å²) in [6, 6.07) is 13.5. The first-order valence-electron chi connectivity index (χ1n) is 6.47. The van der Waals surface area contributed by atoms with E-state index in [1.165, 1.54) is 12.1 Å². The quantitative estimate of drug-likeness (QED) is 0.921. The number of benzene rings is 2. The molecule has 0 radical (unpaired) electrons. The standard InChI is InChI=1S/C17H17FO2/c1-12-3-7-14(8-4-12)17(2,16(19)20)11-13-5-9-15(18)10-6-13/h3-10H,11H2,1-2H3,(H,19,20). The van der Waals surface area contributed by atoms with Gasteiger partial charge in [-0.1, -0.05) is 42.0 Å². The van der Waals surface area contributed by atoms with E-state index in [9.17, 15) is 14.3 Å². The summed E-state index contributed by atoms with van der Waals surface area (Å²) in [7, 11) is 0. The molecule has 0 bridgehead atoms. The van der Waals surface area contributed by atoms with Gasteiger partial charge in [-0.2, -0.15) is 0 Å². The number of rotatable bonds is 4. The lowest BCUT2D eigenvalue weighted by molar-refractivity contribution is -0.143. The molecule has 0 aliphatic heterocycles. The van der Waals surface area contributed by atoms with Crippen LogP contribution in [0.3, 0.4) is 0 Å². The van der Waals surface area contributed by atoms with Crippen LogP contribution in [-0.4, -0.2) is 11.1 Å². The van der Waals surface area contributed by atoms with Crippen LogP contribution in [0.5, 0.6) is 0 Å². The van der Waals surface area contributed by atoms with Gasteiger partial charge < -0.3 is 5.11 Å². The van der Waals surface area contributed by atoms with Crippen molar-refractivity contribution in [3.8, 4) is 0 Å². The summed E-state index contributed by atoms with van der Waals surface area (Å²) in [6.07, 6.45) is 0.325. The maximum absolute atomic E-state index is 12.9. The first-order valence-corrected chi connectivity index (χ1v) is 6.47. The van der Waals surface area contributed by atoms with Crippen molar-refractivity contribution >= 4 is 5.97 Å². The Balaban J connectivity index is 2.37. The van der Waals surface area contributed by atoms with Crippen LogP contribution >= 0.6 is 0 Å². The van der Waals surface area contributed by atoms with E-state index in [-0.39, 0.29) is 5.82 Å². The average Bonchev–Trinajstić information content (AvgIpc) is 2.42. The molecule has 0 aromatic heterocycles. The predicted molar refractivity (Wildman–Crippen MR) is 76.3 cm³/mol. The summed E-state index contributed by atoms with van der Waals surface area (Å²) < 4.78 is 12.9. The third-order valence-corrected chi connectivity index (χ3v) is 3.63. The van der Waals surface area contributed by atoms with E-state index in [0.29, 0.717) is 6.42 Å². The minimum Gasteiger partial charge on any atom is -0.481 e. The minimum atomic E-state index is -1.02. The Morgan fingerprint density at radius 3 is 2.15 bits per heavy atom. The maximum Gasteiger partial charge on any atom is 0.314 e. The van der Waals surface area contributed by atoms with Crippen LogP contribution in [0.2, 0.25) is 0 Å². The van der Waals surface area contributed by atoms with Crippen LogP contribution in [0.4, 0.5) is 4.39 Å². The third kappa shape index (κ3) is 2.87. The molecule has 0 spiro atoms. The average molecular weight is 272 g/mol. The van der Waals surface area contributed by atoms with Crippen molar-refractivity contribution in [3.05, 3.63) is 71.0 Å². The van der Waals surface area contributed by atoms with Crippen LogP contribution in [0.15, 0.2) is 48.5 Å². The maximum atomic E-state index is 12.9. The topological polar surface area (TPSA) is 37.3 Å². The second kappa shape index (κ2) is 5.45. The van der Waals surface area contributed by atoms with Gasteiger partial charge in [-0.25, -0.2) is 4.39 Å². The largest absolute Gasteiger partial charge is 0.481 e. The van der Waals surface area contributed by atoms with E-state index in [1.807, 2.05) is 31.2 Å². The second-order valence-electron chi connectivity index (χ2n) is 5.31. The summed E-state index contributed by atoms with van der Waals surface area (Å²) >= 11 is 0.